The zero-order valence-corrected chi connectivity index (χ0v) is 18.7. The Bertz CT molecular complexity index is 1200. The fraction of sp³-hybridized carbons (Fsp3) is 0.259. The molecule has 3 aromatic rings. The van der Waals surface area contributed by atoms with E-state index in [-0.39, 0.29) is 18.0 Å². The lowest BCUT2D eigenvalue weighted by molar-refractivity contribution is 0.0951. The van der Waals surface area contributed by atoms with Crippen molar-refractivity contribution in [1.29, 1.82) is 0 Å². The molecule has 6 nitrogen and oxygen atoms in total. The summed E-state index contributed by atoms with van der Waals surface area (Å²) in [5.41, 5.74) is 6.47. The Labute approximate surface area is 194 Å². The van der Waals surface area contributed by atoms with Crippen molar-refractivity contribution >= 4 is 29.0 Å². The average molecular weight is 441 g/mol. The molecule has 0 radical (unpaired) electrons. The molecule has 3 amide bonds. The smallest absolute Gasteiger partial charge is 0.323 e. The lowest BCUT2D eigenvalue weighted by Gasteiger charge is -2.32. The lowest BCUT2D eigenvalue weighted by Crippen LogP contribution is -2.33. The molecule has 3 N–H and O–H groups in total. The normalized spacial score (nSPS) is 14.9. The monoisotopic (exact) mass is 440 g/mol. The van der Waals surface area contributed by atoms with Gasteiger partial charge in [0.05, 0.1) is 5.56 Å². The largest absolute Gasteiger partial charge is 0.366 e. The molecule has 5 rings (SSSR count). The first-order valence-corrected chi connectivity index (χ1v) is 11.5. The van der Waals surface area contributed by atoms with Gasteiger partial charge in [0.25, 0.3) is 5.91 Å². The number of amides is 3. The molecule has 1 aliphatic carbocycles. The van der Waals surface area contributed by atoms with Gasteiger partial charge in [0.2, 0.25) is 0 Å². The molecule has 3 aromatic carbocycles. The molecule has 1 fully saturated rings. The van der Waals surface area contributed by atoms with Gasteiger partial charge in [-0.25, -0.2) is 4.79 Å². The van der Waals surface area contributed by atoms with E-state index in [1.54, 1.807) is 6.07 Å². The van der Waals surface area contributed by atoms with Crippen molar-refractivity contribution in [3.05, 3.63) is 89.0 Å². The second kappa shape index (κ2) is 8.98. The minimum absolute atomic E-state index is 0.0886. The third-order valence-corrected chi connectivity index (χ3v) is 6.28. The Balaban J connectivity index is 1.38. The number of rotatable bonds is 5. The number of carbonyl (C=O) groups excluding carboxylic acids is 2. The zero-order chi connectivity index (χ0) is 22.8. The number of benzene rings is 3. The number of para-hydroxylation sites is 1. The van der Waals surface area contributed by atoms with Gasteiger partial charge in [-0.1, -0.05) is 42.5 Å². The van der Waals surface area contributed by atoms with Gasteiger partial charge in [-0.2, -0.15) is 0 Å². The molecule has 0 unspecified atom stereocenters. The highest BCUT2D eigenvalue weighted by Gasteiger charge is 2.27. The molecular weight excluding hydrogens is 412 g/mol. The third kappa shape index (κ3) is 4.85. The summed E-state index contributed by atoms with van der Waals surface area (Å²) in [4.78, 5) is 28.0. The average Bonchev–Trinajstić information content (AvgIpc) is 3.64. The summed E-state index contributed by atoms with van der Waals surface area (Å²) in [5.74, 6) is -0.0886. The second-order valence-electron chi connectivity index (χ2n) is 8.81. The van der Waals surface area contributed by atoms with Gasteiger partial charge < -0.3 is 20.9 Å². The first kappa shape index (κ1) is 21.1. The summed E-state index contributed by atoms with van der Waals surface area (Å²) in [6.07, 6.45) is 2.99. The Morgan fingerprint density at radius 2 is 1.67 bits per heavy atom. The summed E-state index contributed by atoms with van der Waals surface area (Å²) in [6, 6.07) is 21.6. The number of anilines is 3. The number of hydrogen-bond acceptors (Lipinski definition) is 3. The maximum Gasteiger partial charge on any atom is 0.323 e. The topological polar surface area (TPSA) is 73.5 Å². The van der Waals surface area contributed by atoms with Gasteiger partial charge in [-0.15, -0.1) is 0 Å². The summed E-state index contributed by atoms with van der Waals surface area (Å²) < 4.78 is 0. The van der Waals surface area contributed by atoms with Gasteiger partial charge in [0.15, 0.2) is 0 Å². The van der Waals surface area contributed by atoms with E-state index in [1.165, 1.54) is 11.1 Å². The van der Waals surface area contributed by atoms with Crippen LogP contribution in [-0.4, -0.2) is 24.5 Å². The van der Waals surface area contributed by atoms with Crippen LogP contribution >= 0.6 is 0 Å². The van der Waals surface area contributed by atoms with Crippen LogP contribution in [0, 0.1) is 6.92 Å². The molecule has 0 spiro atoms. The van der Waals surface area contributed by atoms with E-state index in [1.807, 2.05) is 43.3 Å². The number of aryl methyl sites for hydroxylation is 1. The van der Waals surface area contributed by atoms with Crippen LogP contribution in [0.4, 0.5) is 21.9 Å². The van der Waals surface area contributed by atoms with E-state index >= 15 is 0 Å². The van der Waals surface area contributed by atoms with Gasteiger partial charge in [-0.05, 0) is 67.1 Å². The van der Waals surface area contributed by atoms with Crippen molar-refractivity contribution in [3.8, 4) is 0 Å². The molecule has 1 aliphatic heterocycles. The van der Waals surface area contributed by atoms with Crippen molar-refractivity contribution in [2.75, 3.05) is 22.1 Å². The van der Waals surface area contributed by atoms with Crippen LogP contribution < -0.4 is 20.9 Å². The number of carbonyl (C=O) groups is 2. The lowest BCUT2D eigenvalue weighted by atomic mass is 9.98. The highest BCUT2D eigenvalue weighted by Crippen LogP contribution is 2.30. The Morgan fingerprint density at radius 1 is 0.909 bits per heavy atom. The van der Waals surface area contributed by atoms with E-state index in [0.717, 1.165) is 49.3 Å². The Hall–Kier alpha value is -3.80. The second-order valence-corrected chi connectivity index (χ2v) is 8.81. The van der Waals surface area contributed by atoms with E-state index in [9.17, 15) is 9.59 Å². The number of fused-ring (bicyclic) bond motifs is 1. The maximum atomic E-state index is 13.1. The Kier molecular flexibility index (Phi) is 5.73. The summed E-state index contributed by atoms with van der Waals surface area (Å²) in [6.45, 7) is 3.56. The quantitative estimate of drug-likeness (QED) is 0.517. The molecule has 168 valence electrons. The zero-order valence-electron chi connectivity index (χ0n) is 18.7. The van der Waals surface area contributed by atoms with Crippen LogP contribution in [0.1, 0.15) is 39.9 Å². The van der Waals surface area contributed by atoms with Crippen LogP contribution in [0.5, 0.6) is 0 Å². The van der Waals surface area contributed by atoms with E-state index in [2.05, 4.69) is 45.1 Å². The van der Waals surface area contributed by atoms with E-state index in [4.69, 9.17) is 0 Å². The van der Waals surface area contributed by atoms with Gasteiger partial charge >= 0.3 is 6.03 Å². The number of hydrogen-bond donors (Lipinski definition) is 3. The van der Waals surface area contributed by atoms with Crippen molar-refractivity contribution in [3.63, 3.8) is 0 Å². The molecule has 0 atom stereocenters. The number of nitrogens with one attached hydrogen (secondary N) is 3. The summed E-state index contributed by atoms with van der Waals surface area (Å²) >= 11 is 0. The minimum Gasteiger partial charge on any atom is -0.366 e. The van der Waals surface area contributed by atoms with Crippen LogP contribution in [0.3, 0.4) is 0 Å². The molecule has 0 bridgehead atoms. The number of urea groups is 1. The maximum absolute atomic E-state index is 13.1. The van der Waals surface area contributed by atoms with Crippen LogP contribution in [0.2, 0.25) is 0 Å². The van der Waals surface area contributed by atoms with Crippen LogP contribution in [0.15, 0.2) is 66.7 Å². The third-order valence-electron chi connectivity index (χ3n) is 6.28. The van der Waals surface area contributed by atoms with Crippen LogP contribution in [-0.2, 0) is 13.0 Å². The highest BCUT2D eigenvalue weighted by molar-refractivity contribution is 6.04. The molecule has 33 heavy (non-hydrogen) atoms. The standard InChI is InChI=1S/C27H28N4O2/c1-18-6-2-5-9-24(18)30-27(33)29-22-12-13-25(23(16-22)26(32)28-21-10-11-21)31-15-14-19-7-3-4-8-20(19)17-31/h2-9,12-13,16,21H,10-11,14-15,17H2,1H3,(H,28,32)(H2,29,30,33). The summed E-state index contributed by atoms with van der Waals surface area (Å²) in [7, 11) is 0. The predicted molar refractivity (Wildman–Crippen MR) is 132 cm³/mol. The minimum atomic E-state index is -0.336. The molecular formula is C27H28N4O2. The molecule has 1 saturated carbocycles. The first-order valence-electron chi connectivity index (χ1n) is 11.5. The predicted octanol–water partition coefficient (Wildman–Crippen LogP) is 5.09. The molecule has 1 heterocycles. The van der Waals surface area contributed by atoms with E-state index < -0.39 is 0 Å². The van der Waals surface area contributed by atoms with Gasteiger partial charge in [0.1, 0.15) is 0 Å². The van der Waals surface area contributed by atoms with E-state index in [0.29, 0.717) is 11.3 Å². The molecule has 2 aliphatic rings. The fourth-order valence-corrected chi connectivity index (χ4v) is 4.26. The van der Waals surface area contributed by atoms with Gasteiger partial charge in [-0.3, -0.25) is 4.79 Å². The molecule has 0 aromatic heterocycles. The van der Waals surface area contributed by atoms with Crippen molar-refractivity contribution < 1.29 is 9.59 Å². The number of nitrogens with zero attached hydrogens (tertiary/aromatic N) is 1. The highest BCUT2D eigenvalue weighted by atomic mass is 16.2. The van der Waals surface area contributed by atoms with Crippen LogP contribution in [0.25, 0.3) is 0 Å². The van der Waals surface area contributed by atoms with Crippen molar-refractivity contribution in [2.24, 2.45) is 0 Å². The molecule has 0 saturated heterocycles. The SMILES string of the molecule is Cc1ccccc1NC(=O)Nc1ccc(N2CCc3ccccc3C2)c(C(=O)NC2CC2)c1. The summed E-state index contributed by atoms with van der Waals surface area (Å²) in [5, 5.41) is 8.86. The van der Waals surface area contributed by atoms with Crippen molar-refractivity contribution in [1.82, 2.24) is 5.32 Å². The fourth-order valence-electron chi connectivity index (χ4n) is 4.26. The van der Waals surface area contributed by atoms with Crippen molar-refractivity contribution in [2.45, 2.75) is 38.8 Å². The first-order chi connectivity index (χ1) is 16.1. The molecule has 6 heteroatoms. The Morgan fingerprint density at radius 3 is 2.45 bits per heavy atom. The van der Waals surface area contributed by atoms with Gasteiger partial charge in [0, 0.05) is 36.2 Å².